The first kappa shape index (κ1) is 15.4. The van der Waals surface area contributed by atoms with Crippen LogP contribution in [0.1, 0.15) is 35.1 Å². The van der Waals surface area contributed by atoms with Gasteiger partial charge in [-0.1, -0.05) is 30.3 Å². The highest BCUT2D eigenvalue weighted by molar-refractivity contribution is 5.90. The van der Waals surface area contributed by atoms with Crippen LogP contribution in [0, 0.1) is 25.2 Å². The molecule has 0 atom stereocenters. The molecule has 3 rings (SSSR count). The molecule has 0 N–H and O–H groups in total. The Morgan fingerprint density at radius 1 is 1.04 bits per heavy atom. The van der Waals surface area contributed by atoms with Crippen LogP contribution in [0.25, 0.3) is 11.6 Å². The molecule has 0 radical (unpaired) electrons. The zero-order valence-electron chi connectivity index (χ0n) is 13.8. The maximum atomic E-state index is 9.50. The van der Waals surface area contributed by atoms with Crippen LogP contribution in [0.3, 0.4) is 0 Å². The highest BCUT2D eigenvalue weighted by atomic mass is 15.1. The van der Waals surface area contributed by atoms with Gasteiger partial charge in [0.05, 0.1) is 11.6 Å². The number of hydrogen-bond donors (Lipinski definition) is 0. The second kappa shape index (κ2) is 6.71. The lowest BCUT2D eigenvalue weighted by molar-refractivity contribution is 0.949. The molecule has 2 aromatic rings. The molecule has 0 spiro atoms. The molecule has 1 saturated heterocycles. The molecule has 23 heavy (non-hydrogen) atoms. The Morgan fingerprint density at radius 2 is 1.74 bits per heavy atom. The summed E-state index contributed by atoms with van der Waals surface area (Å²) in [6.07, 6.45) is 4.57. The van der Waals surface area contributed by atoms with Gasteiger partial charge in [0.1, 0.15) is 0 Å². The van der Waals surface area contributed by atoms with Crippen LogP contribution in [-0.4, -0.2) is 13.1 Å². The molecular formula is C21H22N2. The summed E-state index contributed by atoms with van der Waals surface area (Å²) in [5, 5.41) is 9.50. The van der Waals surface area contributed by atoms with Gasteiger partial charge in [0.2, 0.25) is 0 Å². The summed E-state index contributed by atoms with van der Waals surface area (Å²) < 4.78 is 0. The second-order valence-corrected chi connectivity index (χ2v) is 6.23. The molecule has 0 saturated carbocycles. The third kappa shape index (κ3) is 3.29. The van der Waals surface area contributed by atoms with Crippen molar-refractivity contribution in [2.75, 3.05) is 18.0 Å². The normalized spacial score (nSPS) is 14.8. The molecule has 116 valence electrons. The minimum atomic E-state index is 0.710. The lowest BCUT2D eigenvalue weighted by Crippen LogP contribution is -2.18. The molecule has 1 heterocycles. The number of benzene rings is 2. The first-order valence-electron chi connectivity index (χ1n) is 8.22. The van der Waals surface area contributed by atoms with Gasteiger partial charge < -0.3 is 4.90 Å². The monoisotopic (exact) mass is 302 g/mol. The van der Waals surface area contributed by atoms with E-state index in [1.165, 1.54) is 29.7 Å². The van der Waals surface area contributed by atoms with E-state index >= 15 is 0 Å². The fraction of sp³-hybridized carbons (Fsp3) is 0.286. The molecule has 2 nitrogen and oxygen atoms in total. The van der Waals surface area contributed by atoms with Crippen molar-refractivity contribution >= 4 is 17.3 Å². The van der Waals surface area contributed by atoms with Crippen molar-refractivity contribution in [2.45, 2.75) is 26.7 Å². The maximum absolute atomic E-state index is 9.50. The van der Waals surface area contributed by atoms with E-state index in [0.717, 1.165) is 24.2 Å². The van der Waals surface area contributed by atoms with E-state index < -0.39 is 0 Å². The van der Waals surface area contributed by atoms with E-state index in [1.54, 1.807) is 0 Å². The number of nitriles is 1. The fourth-order valence-electron chi connectivity index (χ4n) is 3.23. The predicted octanol–water partition coefficient (Wildman–Crippen LogP) is 4.97. The average Bonchev–Trinajstić information content (AvgIpc) is 3.10. The van der Waals surface area contributed by atoms with Gasteiger partial charge in [-0.2, -0.15) is 5.26 Å². The maximum Gasteiger partial charge on any atom is 0.0998 e. The van der Waals surface area contributed by atoms with E-state index in [0.29, 0.717) is 5.57 Å². The van der Waals surface area contributed by atoms with Crippen LogP contribution in [0.4, 0.5) is 5.69 Å². The highest BCUT2D eigenvalue weighted by Gasteiger charge is 2.15. The van der Waals surface area contributed by atoms with Crippen molar-refractivity contribution in [2.24, 2.45) is 0 Å². The van der Waals surface area contributed by atoms with E-state index in [9.17, 15) is 5.26 Å². The molecule has 0 aromatic heterocycles. The quantitative estimate of drug-likeness (QED) is 0.591. The Hall–Kier alpha value is -2.53. The molecular weight excluding hydrogens is 280 g/mol. The van der Waals surface area contributed by atoms with Gasteiger partial charge in [-0.3, -0.25) is 0 Å². The van der Waals surface area contributed by atoms with Crippen LogP contribution < -0.4 is 4.90 Å². The lowest BCUT2D eigenvalue weighted by atomic mass is 9.98. The Bertz CT molecular complexity index is 760. The molecule has 1 fully saturated rings. The van der Waals surface area contributed by atoms with Crippen LogP contribution in [0.5, 0.6) is 0 Å². The third-order valence-electron chi connectivity index (χ3n) is 4.54. The number of rotatable bonds is 3. The zero-order valence-corrected chi connectivity index (χ0v) is 13.8. The van der Waals surface area contributed by atoms with E-state index in [1.807, 2.05) is 36.4 Å². The summed E-state index contributed by atoms with van der Waals surface area (Å²) in [5.41, 5.74) is 6.66. The van der Waals surface area contributed by atoms with Crippen molar-refractivity contribution in [3.63, 3.8) is 0 Å². The molecule has 2 aromatic carbocycles. The summed E-state index contributed by atoms with van der Waals surface area (Å²) in [6.45, 7) is 6.61. The zero-order chi connectivity index (χ0) is 16.2. The van der Waals surface area contributed by atoms with Crippen molar-refractivity contribution in [1.82, 2.24) is 0 Å². The van der Waals surface area contributed by atoms with Gasteiger partial charge in [-0.25, -0.2) is 0 Å². The van der Waals surface area contributed by atoms with Crippen molar-refractivity contribution in [3.05, 3.63) is 64.7 Å². The largest absolute Gasteiger partial charge is 0.371 e. The minimum Gasteiger partial charge on any atom is -0.371 e. The van der Waals surface area contributed by atoms with Crippen LogP contribution in [0.15, 0.2) is 42.5 Å². The van der Waals surface area contributed by atoms with Crippen LogP contribution in [-0.2, 0) is 0 Å². The Labute approximate surface area is 138 Å². The summed E-state index contributed by atoms with van der Waals surface area (Å²) >= 11 is 0. The predicted molar refractivity (Wildman–Crippen MR) is 97.3 cm³/mol. The van der Waals surface area contributed by atoms with Gasteiger partial charge in [0, 0.05) is 18.8 Å². The molecule has 1 aliphatic rings. The van der Waals surface area contributed by atoms with E-state index in [2.05, 4.69) is 36.9 Å². The van der Waals surface area contributed by atoms with Crippen molar-refractivity contribution in [1.29, 1.82) is 5.26 Å². The standard InChI is InChI=1S/C21H22N2/c1-16-13-21(23-10-6-7-11-23)17(2)12-19(16)14-20(15-22)18-8-4-3-5-9-18/h3-5,8-9,12-14H,6-7,10-11H2,1-2H3/b20-14-. The number of allylic oxidation sites excluding steroid dienone is 1. The van der Waals surface area contributed by atoms with Gasteiger partial charge in [-0.05, 0) is 67.2 Å². The Balaban J connectivity index is 1.98. The van der Waals surface area contributed by atoms with Crippen molar-refractivity contribution < 1.29 is 0 Å². The van der Waals surface area contributed by atoms with E-state index in [4.69, 9.17) is 0 Å². The van der Waals surface area contributed by atoms with Crippen molar-refractivity contribution in [3.8, 4) is 6.07 Å². The topological polar surface area (TPSA) is 27.0 Å². The number of anilines is 1. The minimum absolute atomic E-state index is 0.710. The Kier molecular flexibility index (Phi) is 4.48. The smallest absolute Gasteiger partial charge is 0.0998 e. The third-order valence-corrected chi connectivity index (χ3v) is 4.54. The SMILES string of the molecule is Cc1cc(N2CCCC2)c(C)cc1/C=C(/C#N)c1ccccc1. The number of nitrogens with zero attached hydrogens (tertiary/aromatic N) is 2. The fourth-order valence-corrected chi connectivity index (χ4v) is 3.23. The lowest BCUT2D eigenvalue weighted by Gasteiger charge is -2.21. The molecule has 0 amide bonds. The van der Waals surface area contributed by atoms with Crippen LogP contribution >= 0.6 is 0 Å². The number of aryl methyl sites for hydroxylation is 2. The Morgan fingerprint density at radius 3 is 2.39 bits per heavy atom. The molecule has 0 bridgehead atoms. The summed E-state index contributed by atoms with van der Waals surface area (Å²) in [6, 6.07) is 16.7. The molecule has 1 aliphatic heterocycles. The second-order valence-electron chi connectivity index (χ2n) is 6.23. The van der Waals surface area contributed by atoms with Gasteiger partial charge >= 0.3 is 0 Å². The number of hydrogen-bond acceptors (Lipinski definition) is 2. The molecule has 2 heteroatoms. The van der Waals surface area contributed by atoms with Crippen LogP contribution in [0.2, 0.25) is 0 Å². The first-order valence-corrected chi connectivity index (χ1v) is 8.22. The molecule has 0 unspecified atom stereocenters. The highest BCUT2D eigenvalue weighted by Crippen LogP contribution is 2.29. The molecule has 0 aliphatic carbocycles. The first-order chi connectivity index (χ1) is 11.2. The average molecular weight is 302 g/mol. The van der Waals surface area contributed by atoms with Gasteiger partial charge in [-0.15, -0.1) is 0 Å². The summed E-state index contributed by atoms with van der Waals surface area (Å²) in [4.78, 5) is 2.47. The summed E-state index contributed by atoms with van der Waals surface area (Å²) in [7, 11) is 0. The van der Waals surface area contributed by atoms with Gasteiger partial charge in [0.15, 0.2) is 0 Å². The summed E-state index contributed by atoms with van der Waals surface area (Å²) in [5.74, 6) is 0. The van der Waals surface area contributed by atoms with Gasteiger partial charge in [0.25, 0.3) is 0 Å². The van der Waals surface area contributed by atoms with E-state index in [-0.39, 0.29) is 0 Å².